The van der Waals surface area contributed by atoms with E-state index in [9.17, 15) is 5.26 Å². The fourth-order valence-corrected chi connectivity index (χ4v) is 3.55. The number of benzene rings is 1. The summed E-state index contributed by atoms with van der Waals surface area (Å²) in [5.41, 5.74) is 2.94. The molecular weight excluding hydrogens is 266 g/mol. The van der Waals surface area contributed by atoms with Gasteiger partial charge < -0.3 is 4.90 Å². The molecule has 0 amide bonds. The van der Waals surface area contributed by atoms with Crippen LogP contribution in [0, 0.1) is 11.3 Å². The molecule has 1 atom stereocenters. The van der Waals surface area contributed by atoms with Crippen molar-refractivity contribution in [2.45, 2.75) is 19.4 Å². The Hall–Kier alpha value is -1.57. The van der Waals surface area contributed by atoms with Gasteiger partial charge in [-0.1, -0.05) is 29.8 Å². The number of halogens is 1. The monoisotopic (exact) mass is 275 g/mol. The highest BCUT2D eigenvalue weighted by Gasteiger charge is 2.30. The highest BCUT2D eigenvalue weighted by molar-refractivity contribution is 7.11. The number of nitriles is 1. The highest BCUT2D eigenvalue weighted by atomic mass is 35.5. The molecule has 1 aromatic carbocycles. The zero-order valence-electron chi connectivity index (χ0n) is 9.72. The Balaban J connectivity index is 2.15. The standard InChI is InChI=1S/C13H10ClN3S/c1-8-6-9-4-2-3-5-11(9)17(8)13-10(7-15)12(14)16-18-13/h2-5,8H,6H2,1H3. The maximum Gasteiger partial charge on any atom is 0.162 e. The van der Waals surface area contributed by atoms with E-state index in [1.807, 2.05) is 12.1 Å². The largest absolute Gasteiger partial charge is 0.327 e. The van der Waals surface area contributed by atoms with Crippen LogP contribution in [0.2, 0.25) is 5.15 Å². The Morgan fingerprint density at radius 2 is 2.28 bits per heavy atom. The molecule has 2 aromatic rings. The van der Waals surface area contributed by atoms with E-state index in [0.29, 0.717) is 16.8 Å². The molecule has 1 aliphatic rings. The minimum absolute atomic E-state index is 0.300. The lowest BCUT2D eigenvalue weighted by atomic mass is 10.1. The SMILES string of the molecule is CC1Cc2ccccc2N1c1snc(Cl)c1C#N. The molecule has 3 rings (SSSR count). The number of anilines is 2. The Kier molecular flexibility index (Phi) is 2.73. The highest BCUT2D eigenvalue weighted by Crippen LogP contribution is 2.43. The smallest absolute Gasteiger partial charge is 0.162 e. The van der Waals surface area contributed by atoms with Crippen molar-refractivity contribution in [2.24, 2.45) is 0 Å². The van der Waals surface area contributed by atoms with Crippen molar-refractivity contribution in [1.29, 1.82) is 5.26 Å². The molecule has 5 heteroatoms. The Morgan fingerprint density at radius 3 is 3.06 bits per heavy atom. The third-order valence-electron chi connectivity index (χ3n) is 3.17. The van der Waals surface area contributed by atoms with E-state index in [0.717, 1.165) is 17.1 Å². The van der Waals surface area contributed by atoms with Crippen molar-refractivity contribution in [1.82, 2.24) is 4.37 Å². The summed E-state index contributed by atoms with van der Waals surface area (Å²) in [5, 5.41) is 10.3. The molecule has 0 saturated carbocycles. The predicted octanol–water partition coefficient (Wildman–Crippen LogP) is 3.75. The van der Waals surface area contributed by atoms with Crippen molar-refractivity contribution in [2.75, 3.05) is 4.90 Å². The second kappa shape index (κ2) is 4.27. The van der Waals surface area contributed by atoms with Gasteiger partial charge in [-0.25, -0.2) is 0 Å². The van der Waals surface area contributed by atoms with Gasteiger partial charge in [-0.05, 0) is 36.5 Å². The van der Waals surface area contributed by atoms with Crippen LogP contribution in [0.15, 0.2) is 24.3 Å². The summed E-state index contributed by atoms with van der Waals surface area (Å²) in [6.45, 7) is 2.15. The number of fused-ring (bicyclic) bond motifs is 1. The van der Waals surface area contributed by atoms with Crippen LogP contribution in [-0.4, -0.2) is 10.4 Å². The quantitative estimate of drug-likeness (QED) is 0.796. The molecule has 0 fully saturated rings. The van der Waals surface area contributed by atoms with Gasteiger partial charge in [-0.15, -0.1) is 0 Å². The minimum Gasteiger partial charge on any atom is -0.327 e. The van der Waals surface area contributed by atoms with Crippen LogP contribution in [0.4, 0.5) is 10.7 Å². The van der Waals surface area contributed by atoms with Gasteiger partial charge >= 0.3 is 0 Å². The Bertz CT molecular complexity index is 644. The summed E-state index contributed by atoms with van der Waals surface area (Å²) in [6, 6.07) is 10.7. The molecule has 18 heavy (non-hydrogen) atoms. The first-order valence-corrected chi connectivity index (χ1v) is 6.80. The van der Waals surface area contributed by atoms with Gasteiger partial charge in [0.1, 0.15) is 16.6 Å². The average Bonchev–Trinajstić information content (AvgIpc) is 2.88. The number of rotatable bonds is 1. The third kappa shape index (κ3) is 1.59. The zero-order valence-corrected chi connectivity index (χ0v) is 11.3. The van der Waals surface area contributed by atoms with Gasteiger partial charge in [0.2, 0.25) is 0 Å². The minimum atomic E-state index is 0.300. The molecule has 90 valence electrons. The van der Waals surface area contributed by atoms with Crippen molar-refractivity contribution in [3.63, 3.8) is 0 Å². The van der Waals surface area contributed by atoms with Crippen LogP contribution >= 0.6 is 23.1 Å². The molecule has 0 N–H and O–H groups in total. The third-order valence-corrected chi connectivity index (χ3v) is 4.39. The molecule has 1 aromatic heterocycles. The van der Waals surface area contributed by atoms with E-state index in [-0.39, 0.29) is 0 Å². The summed E-state index contributed by atoms with van der Waals surface area (Å²) in [7, 11) is 0. The Morgan fingerprint density at radius 1 is 1.50 bits per heavy atom. The van der Waals surface area contributed by atoms with Crippen molar-refractivity contribution >= 4 is 33.8 Å². The van der Waals surface area contributed by atoms with Crippen LogP contribution in [0.5, 0.6) is 0 Å². The van der Waals surface area contributed by atoms with Crippen LogP contribution in [0.1, 0.15) is 18.1 Å². The molecule has 3 nitrogen and oxygen atoms in total. The summed E-state index contributed by atoms with van der Waals surface area (Å²) < 4.78 is 4.08. The topological polar surface area (TPSA) is 39.9 Å². The van der Waals surface area contributed by atoms with E-state index in [2.05, 4.69) is 34.4 Å². The lowest BCUT2D eigenvalue weighted by Crippen LogP contribution is -2.23. The van der Waals surface area contributed by atoms with Crippen molar-refractivity contribution < 1.29 is 0 Å². The number of para-hydroxylation sites is 1. The normalized spacial score (nSPS) is 17.6. The van der Waals surface area contributed by atoms with E-state index < -0.39 is 0 Å². The zero-order chi connectivity index (χ0) is 12.7. The van der Waals surface area contributed by atoms with Crippen molar-refractivity contribution in [3.8, 4) is 6.07 Å². The lowest BCUT2D eigenvalue weighted by molar-refractivity contribution is 0.763. The first kappa shape index (κ1) is 11.5. The molecule has 0 aliphatic carbocycles. The molecule has 0 saturated heterocycles. The first-order chi connectivity index (χ1) is 8.72. The number of nitrogens with zero attached hydrogens (tertiary/aromatic N) is 3. The van der Waals surface area contributed by atoms with Gasteiger partial charge in [0.15, 0.2) is 5.15 Å². The lowest BCUT2D eigenvalue weighted by Gasteiger charge is -2.22. The molecule has 1 unspecified atom stereocenters. The fourth-order valence-electron chi connectivity index (χ4n) is 2.40. The summed E-state index contributed by atoms with van der Waals surface area (Å²) in [4.78, 5) is 2.16. The van der Waals surface area contributed by atoms with Gasteiger partial charge in [0, 0.05) is 11.7 Å². The molecule has 0 radical (unpaired) electrons. The molecule has 2 heterocycles. The summed E-state index contributed by atoms with van der Waals surface area (Å²) >= 11 is 7.24. The van der Waals surface area contributed by atoms with Crippen LogP contribution < -0.4 is 4.90 Å². The second-order valence-electron chi connectivity index (χ2n) is 4.32. The summed E-state index contributed by atoms with van der Waals surface area (Å²) in [6.07, 6.45) is 0.983. The molecular formula is C13H10ClN3S. The van der Waals surface area contributed by atoms with E-state index in [4.69, 9.17) is 11.6 Å². The Labute approximate surface area is 114 Å². The number of hydrogen-bond acceptors (Lipinski definition) is 4. The maximum absolute atomic E-state index is 9.19. The van der Waals surface area contributed by atoms with E-state index in [1.165, 1.54) is 17.1 Å². The van der Waals surface area contributed by atoms with Gasteiger partial charge in [-0.3, -0.25) is 0 Å². The van der Waals surface area contributed by atoms with Crippen LogP contribution in [0.3, 0.4) is 0 Å². The van der Waals surface area contributed by atoms with Crippen molar-refractivity contribution in [3.05, 3.63) is 40.5 Å². The van der Waals surface area contributed by atoms with Gasteiger partial charge in [0.05, 0.1) is 0 Å². The second-order valence-corrected chi connectivity index (χ2v) is 5.43. The first-order valence-electron chi connectivity index (χ1n) is 5.64. The van der Waals surface area contributed by atoms with E-state index >= 15 is 0 Å². The number of aromatic nitrogens is 1. The average molecular weight is 276 g/mol. The van der Waals surface area contributed by atoms with Gasteiger partial charge in [-0.2, -0.15) is 9.64 Å². The molecule has 0 spiro atoms. The van der Waals surface area contributed by atoms with E-state index in [1.54, 1.807) is 0 Å². The van der Waals surface area contributed by atoms with Crippen LogP contribution in [0.25, 0.3) is 0 Å². The fraction of sp³-hybridized carbons (Fsp3) is 0.231. The molecule has 1 aliphatic heterocycles. The van der Waals surface area contributed by atoms with Gasteiger partial charge in [0.25, 0.3) is 0 Å². The maximum atomic E-state index is 9.19. The predicted molar refractivity (Wildman–Crippen MR) is 73.6 cm³/mol. The number of hydrogen-bond donors (Lipinski definition) is 0. The summed E-state index contributed by atoms with van der Waals surface area (Å²) in [5.74, 6) is 0. The van der Waals surface area contributed by atoms with Crippen LogP contribution in [-0.2, 0) is 6.42 Å². The molecule has 0 bridgehead atoms.